The number of carbonyl (C=O) groups is 1. The number of hydrogen-bond acceptors (Lipinski definition) is 4. The van der Waals surface area contributed by atoms with Crippen LogP contribution in [0.4, 0.5) is 0 Å². The molecule has 0 atom stereocenters. The van der Waals surface area contributed by atoms with Crippen LogP contribution in [0.25, 0.3) is 21.8 Å². The lowest BCUT2D eigenvalue weighted by Gasteiger charge is -2.15. The molecule has 2 aromatic carbocycles. The molecule has 154 valence electrons. The summed E-state index contributed by atoms with van der Waals surface area (Å²) in [5, 5.41) is 11.3. The predicted octanol–water partition coefficient (Wildman–Crippen LogP) is 3.35. The maximum atomic E-state index is 12.8. The normalized spacial score (nSPS) is 11.4. The lowest BCUT2D eigenvalue weighted by Crippen LogP contribution is -2.30. The van der Waals surface area contributed by atoms with Gasteiger partial charge in [-0.05, 0) is 50.3 Å². The first-order valence-corrected chi connectivity index (χ1v) is 10.3. The number of aromatic nitrogens is 4. The number of H-pyrrole nitrogens is 1. The van der Waals surface area contributed by atoms with Crippen LogP contribution < -0.4 is 10.7 Å². The molecule has 8 heteroatoms. The van der Waals surface area contributed by atoms with Crippen LogP contribution in [0.5, 0.6) is 0 Å². The molecule has 0 aliphatic carbocycles. The number of pyridine rings is 1. The second kappa shape index (κ2) is 8.23. The van der Waals surface area contributed by atoms with Gasteiger partial charge in [-0.2, -0.15) is 5.10 Å². The number of nitrogens with zero attached hydrogens (tertiary/aromatic N) is 3. The van der Waals surface area contributed by atoms with E-state index in [1.165, 1.54) is 0 Å². The summed E-state index contributed by atoms with van der Waals surface area (Å²) >= 11 is 5.27. The Morgan fingerprint density at radius 2 is 1.70 bits per heavy atom. The molecule has 0 saturated carbocycles. The molecule has 2 heterocycles. The number of hydrogen-bond donors (Lipinski definition) is 2. The first-order valence-electron chi connectivity index (χ1n) is 9.90. The highest BCUT2D eigenvalue weighted by molar-refractivity contribution is 7.71. The molecule has 0 saturated heterocycles. The molecule has 2 aromatic heterocycles. The SMILES string of the molecule is CC(C)n1c(CCNC(=O)Cn2c3ccccc3c(=O)c3ccccc32)n[nH]c1=S. The van der Waals surface area contributed by atoms with E-state index in [9.17, 15) is 9.59 Å². The van der Waals surface area contributed by atoms with E-state index in [0.29, 0.717) is 28.5 Å². The first kappa shape index (κ1) is 20.0. The molecule has 30 heavy (non-hydrogen) atoms. The molecule has 0 bridgehead atoms. The summed E-state index contributed by atoms with van der Waals surface area (Å²) in [5.74, 6) is 0.689. The van der Waals surface area contributed by atoms with Gasteiger partial charge in [-0.3, -0.25) is 14.7 Å². The molecule has 2 N–H and O–H groups in total. The average Bonchev–Trinajstić information content (AvgIpc) is 3.11. The molecule has 4 rings (SSSR count). The molecule has 4 aromatic rings. The highest BCUT2D eigenvalue weighted by Crippen LogP contribution is 2.19. The van der Waals surface area contributed by atoms with E-state index >= 15 is 0 Å². The molecule has 0 spiro atoms. The standard InChI is InChI=1S/C22H23N5O2S/c1-14(2)27-19(24-25-22(27)30)11-12-23-20(28)13-26-17-9-5-3-7-15(17)21(29)16-8-4-6-10-18(16)26/h3-10,14H,11-13H2,1-2H3,(H,23,28)(H,25,30). The summed E-state index contributed by atoms with van der Waals surface area (Å²) in [7, 11) is 0. The number of carbonyl (C=O) groups excluding carboxylic acids is 1. The molecule has 7 nitrogen and oxygen atoms in total. The smallest absolute Gasteiger partial charge is 0.239 e. The summed E-state index contributed by atoms with van der Waals surface area (Å²) in [6.45, 7) is 4.65. The monoisotopic (exact) mass is 421 g/mol. The van der Waals surface area contributed by atoms with Crippen molar-refractivity contribution >= 4 is 39.9 Å². The van der Waals surface area contributed by atoms with Crippen LogP contribution >= 0.6 is 12.2 Å². The Morgan fingerprint density at radius 1 is 1.10 bits per heavy atom. The average molecular weight is 422 g/mol. The Balaban J connectivity index is 1.57. The maximum Gasteiger partial charge on any atom is 0.239 e. The van der Waals surface area contributed by atoms with Gasteiger partial charge in [-0.15, -0.1) is 0 Å². The van der Waals surface area contributed by atoms with Crippen molar-refractivity contribution in [3.63, 3.8) is 0 Å². The molecule has 0 unspecified atom stereocenters. The van der Waals surface area contributed by atoms with E-state index in [4.69, 9.17) is 12.2 Å². The van der Waals surface area contributed by atoms with Crippen molar-refractivity contribution in [2.75, 3.05) is 6.54 Å². The molecule has 0 radical (unpaired) electrons. The third kappa shape index (κ3) is 3.66. The van der Waals surface area contributed by atoms with Gasteiger partial charge in [0, 0.05) is 29.8 Å². The minimum absolute atomic E-state index is 0.0191. The fourth-order valence-corrected chi connectivity index (χ4v) is 4.17. The van der Waals surface area contributed by atoms with Gasteiger partial charge < -0.3 is 14.5 Å². The van der Waals surface area contributed by atoms with E-state index in [2.05, 4.69) is 15.5 Å². The van der Waals surface area contributed by atoms with E-state index < -0.39 is 0 Å². The van der Waals surface area contributed by atoms with Crippen molar-refractivity contribution < 1.29 is 4.79 Å². The third-order valence-corrected chi connectivity index (χ3v) is 5.43. The Labute approximate surface area is 178 Å². The largest absolute Gasteiger partial charge is 0.354 e. The Kier molecular flexibility index (Phi) is 5.50. The number of para-hydroxylation sites is 2. The van der Waals surface area contributed by atoms with Crippen molar-refractivity contribution in [3.8, 4) is 0 Å². The van der Waals surface area contributed by atoms with E-state index in [1.807, 2.05) is 59.4 Å². The van der Waals surface area contributed by atoms with Crippen LogP contribution in [-0.4, -0.2) is 31.8 Å². The van der Waals surface area contributed by atoms with Crippen LogP contribution in [-0.2, 0) is 17.8 Å². The second-order valence-electron chi connectivity index (χ2n) is 7.46. The van der Waals surface area contributed by atoms with Gasteiger partial charge in [0.05, 0.1) is 11.0 Å². The van der Waals surface area contributed by atoms with Gasteiger partial charge in [0.2, 0.25) is 5.91 Å². The van der Waals surface area contributed by atoms with Crippen molar-refractivity contribution in [3.05, 3.63) is 69.3 Å². The number of benzene rings is 2. The minimum Gasteiger partial charge on any atom is -0.354 e. The topological polar surface area (TPSA) is 84.7 Å². The quantitative estimate of drug-likeness (QED) is 0.369. The molecule has 1 amide bonds. The third-order valence-electron chi connectivity index (χ3n) is 5.15. The number of amides is 1. The summed E-state index contributed by atoms with van der Waals surface area (Å²) in [6, 6.07) is 15.0. The lowest BCUT2D eigenvalue weighted by molar-refractivity contribution is -0.121. The van der Waals surface area contributed by atoms with Crippen LogP contribution in [0.1, 0.15) is 25.7 Å². The Morgan fingerprint density at radius 3 is 2.30 bits per heavy atom. The highest BCUT2D eigenvalue weighted by atomic mass is 32.1. The Bertz CT molecular complexity index is 1290. The number of fused-ring (bicyclic) bond motifs is 2. The fourth-order valence-electron chi connectivity index (χ4n) is 3.81. The van der Waals surface area contributed by atoms with Gasteiger partial charge in [-0.25, -0.2) is 0 Å². The highest BCUT2D eigenvalue weighted by Gasteiger charge is 2.13. The summed E-state index contributed by atoms with van der Waals surface area (Å²) in [6.07, 6.45) is 0.572. The number of aromatic amines is 1. The fraction of sp³-hybridized carbons (Fsp3) is 0.273. The minimum atomic E-state index is -0.126. The lowest BCUT2D eigenvalue weighted by atomic mass is 10.1. The summed E-state index contributed by atoms with van der Waals surface area (Å²) < 4.78 is 4.42. The van der Waals surface area contributed by atoms with Crippen molar-refractivity contribution in [1.82, 2.24) is 24.6 Å². The van der Waals surface area contributed by atoms with Crippen molar-refractivity contribution in [2.24, 2.45) is 0 Å². The Hall–Kier alpha value is -3.26. The zero-order valence-corrected chi connectivity index (χ0v) is 17.7. The van der Waals surface area contributed by atoms with E-state index in [-0.39, 0.29) is 23.9 Å². The molecular weight excluding hydrogens is 398 g/mol. The predicted molar refractivity (Wildman–Crippen MR) is 120 cm³/mol. The van der Waals surface area contributed by atoms with Gasteiger partial charge in [0.15, 0.2) is 10.2 Å². The number of rotatable bonds is 6. The van der Waals surface area contributed by atoms with Gasteiger partial charge in [0.1, 0.15) is 12.4 Å². The molecular formula is C22H23N5O2S. The van der Waals surface area contributed by atoms with E-state index in [1.54, 1.807) is 12.1 Å². The molecule has 0 fully saturated rings. The van der Waals surface area contributed by atoms with Crippen LogP contribution in [0.15, 0.2) is 53.3 Å². The van der Waals surface area contributed by atoms with Gasteiger partial charge in [0.25, 0.3) is 0 Å². The molecule has 0 aliphatic heterocycles. The number of nitrogens with one attached hydrogen (secondary N) is 2. The van der Waals surface area contributed by atoms with Crippen molar-refractivity contribution in [1.29, 1.82) is 0 Å². The van der Waals surface area contributed by atoms with Crippen molar-refractivity contribution in [2.45, 2.75) is 32.9 Å². The van der Waals surface area contributed by atoms with Gasteiger partial charge in [-0.1, -0.05) is 24.3 Å². The molecule has 0 aliphatic rings. The zero-order chi connectivity index (χ0) is 21.3. The summed E-state index contributed by atoms with van der Waals surface area (Å²) in [5.41, 5.74) is 1.48. The summed E-state index contributed by atoms with van der Waals surface area (Å²) in [4.78, 5) is 25.5. The zero-order valence-electron chi connectivity index (χ0n) is 16.9. The van der Waals surface area contributed by atoms with E-state index in [0.717, 1.165) is 16.9 Å². The van der Waals surface area contributed by atoms with Crippen LogP contribution in [0.3, 0.4) is 0 Å². The van der Waals surface area contributed by atoms with Crippen LogP contribution in [0, 0.1) is 4.77 Å². The van der Waals surface area contributed by atoms with Gasteiger partial charge >= 0.3 is 0 Å². The van der Waals surface area contributed by atoms with Crippen LogP contribution in [0.2, 0.25) is 0 Å². The first-order chi connectivity index (χ1) is 14.5. The maximum absolute atomic E-state index is 12.8. The second-order valence-corrected chi connectivity index (χ2v) is 7.84.